The van der Waals surface area contributed by atoms with E-state index in [4.69, 9.17) is 4.98 Å². The molecule has 0 amide bonds. The molecule has 2 aliphatic carbocycles. The lowest BCUT2D eigenvalue weighted by Gasteiger charge is -2.41. The fourth-order valence-electron chi connectivity index (χ4n) is 17.6. The molecule has 0 spiro atoms. The van der Waals surface area contributed by atoms with Gasteiger partial charge in [0.05, 0.1) is 11.2 Å². The lowest BCUT2D eigenvalue weighted by atomic mass is 9.88. The molecular weight excluding hydrogens is 1440 g/mol. The molecule has 5 aromatic heterocycles. The number of nitrogens with zero attached hydrogens (tertiary/aromatic N) is 5. The van der Waals surface area contributed by atoms with Gasteiger partial charge < -0.3 is 19.6 Å². The first-order valence-corrected chi connectivity index (χ1v) is 41.5. The van der Waals surface area contributed by atoms with Crippen molar-refractivity contribution >= 4 is 189 Å². The Kier molecular flexibility index (Phi) is 15.9. The Balaban J connectivity index is 0.571. The number of pyridine rings is 1. The molecule has 22 rings (SSSR count). The topological polar surface area (TPSA) is 25.9 Å². The molecule has 0 bridgehead atoms. The monoisotopic (exact) mass is 1500 g/mol. The zero-order valence-electron chi connectivity index (χ0n) is 61.0. The summed E-state index contributed by atoms with van der Waals surface area (Å²) in [6.45, 7) is 2.34. The SMILES string of the molecule is CC1(N(c2ccccc2)c2ccc3sc4cc(N(c5ccc(-c6ccc(-c7cccc(C8c9ccccc9-c9ccc(N(c%10ccccc%10)c%10ccc%11sc%12cc(N(c%13ccccc%13)c%13ccc%14c(c%13)sc%13ccccc%13%14)ccc%12c%11c%10)cc98)c7)nc6)cc5)c5ccc6sc7ccccc7c6c5)ccc4c3c2)C=CC=CC1. The highest BCUT2D eigenvalue weighted by Crippen LogP contribution is 2.53. The van der Waals surface area contributed by atoms with Crippen molar-refractivity contribution < 1.29 is 0 Å². The molecule has 530 valence electrons. The van der Waals surface area contributed by atoms with Gasteiger partial charge in [-0.1, -0.05) is 200 Å². The third kappa shape index (κ3) is 11.3. The minimum Gasteiger partial charge on any atom is -0.332 e. The molecule has 2 atom stereocenters. The van der Waals surface area contributed by atoms with Crippen LogP contribution in [-0.4, -0.2) is 10.5 Å². The van der Waals surface area contributed by atoms with Crippen LogP contribution in [0.5, 0.6) is 0 Å². The molecule has 15 aromatic carbocycles. The fraction of sp³-hybridized carbons (Fsp3) is 0.0388. The van der Waals surface area contributed by atoms with E-state index in [2.05, 4.69) is 403 Å². The summed E-state index contributed by atoms with van der Waals surface area (Å²) in [5.41, 5.74) is 22.7. The summed E-state index contributed by atoms with van der Waals surface area (Å²) < 4.78 is 10.2. The van der Waals surface area contributed by atoms with Crippen LogP contribution in [0.4, 0.5) is 62.6 Å². The minimum absolute atomic E-state index is 0.00476. The third-order valence-corrected chi connectivity index (χ3v) is 27.4. The largest absolute Gasteiger partial charge is 0.332 e. The fourth-order valence-corrected chi connectivity index (χ4v) is 22.0. The van der Waals surface area contributed by atoms with Crippen LogP contribution in [-0.2, 0) is 0 Å². The van der Waals surface area contributed by atoms with Crippen molar-refractivity contribution in [3.63, 3.8) is 0 Å². The Labute approximate surface area is 665 Å². The van der Waals surface area contributed by atoms with E-state index in [-0.39, 0.29) is 11.5 Å². The van der Waals surface area contributed by atoms with Crippen LogP contribution in [0.3, 0.4) is 0 Å². The first-order chi connectivity index (χ1) is 55.3. The van der Waals surface area contributed by atoms with Gasteiger partial charge in [-0.3, -0.25) is 4.98 Å². The lowest BCUT2D eigenvalue weighted by molar-refractivity contribution is 0.570. The van der Waals surface area contributed by atoms with E-state index in [1.165, 1.54) is 120 Å². The molecule has 2 unspecified atom stereocenters. The second-order valence-electron chi connectivity index (χ2n) is 29.6. The molecule has 5 nitrogen and oxygen atoms in total. The van der Waals surface area contributed by atoms with Crippen molar-refractivity contribution in [2.24, 2.45) is 0 Å². The van der Waals surface area contributed by atoms with Crippen molar-refractivity contribution in [3.05, 3.63) is 399 Å². The maximum absolute atomic E-state index is 5.26. The Morgan fingerprint density at radius 2 is 0.714 bits per heavy atom. The van der Waals surface area contributed by atoms with Crippen molar-refractivity contribution in [2.45, 2.75) is 24.8 Å². The van der Waals surface area contributed by atoms with Gasteiger partial charge in [-0.15, -0.1) is 45.3 Å². The predicted octanol–water partition coefficient (Wildman–Crippen LogP) is 30.9. The van der Waals surface area contributed by atoms with E-state index < -0.39 is 0 Å². The predicted molar refractivity (Wildman–Crippen MR) is 483 cm³/mol. The second-order valence-corrected chi connectivity index (χ2v) is 33.9. The Hall–Kier alpha value is -13.0. The maximum Gasteiger partial charge on any atom is 0.0702 e. The average molecular weight is 1500 g/mol. The molecular formula is C103H69N5S4. The highest BCUT2D eigenvalue weighted by Gasteiger charge is 2.34. The zero-order chi connectivity index (χ0) is 74.0. The van der Waals surface area contributed by atoms with Gasteiger partial charge in [-0.05, 0) is 223 Å². The van der Waals surface area contributed by atoms with Crippen molar-refractivity contribution in [2.75, 3.05) is 19.6 Å². The minimum atomic E-state index is -0.220. The number of anilines is 11. The summed E-state index contributed by atoms with van der Waals surface area (Å²) in [5, 5.41) is 10.2. The summed E-state index contributed by atoms with van der Waals surface area (Å²) in [5.74, 6) is -0.00476. The molecule has 9 heteroatoms. The van der Waals surface area contributed by atoms with Gasteiger partial charge in [0.1, 0.15) is 0 Å². The van der Waals surface area contributed by atoms with Gasteiger partial charge in [-0.2, -0.15) is 0 Å². The van der Waals surface area contributed by atoms with Gasteiger partial charge in [0.25, 0.3) is 0 Å². The summed E-state index contributed by atoms with van der Waals surface area (Å²) >= 11 is 7.44. The van der Waals surface area contributed by atoms with Gasteiger partial charge in [0, 0.05) is 166 Å². The smallest absolute Gasteiger partial charge is 0.0702 e. The lowest BCUT2D eigenvalue weighted by Crippen LogP contribution is -2.42. The summed E-state index contributed by atoms with van der Waals surface area (Å²) in [4.78, 5) is 15.0. The Bertz CT molecular complexity index is 7160. The quantitative estimate of drug-likeness (QED) is 0.102. The normalized spacial score (nSPS) is 14.5. The molecule has 0 saturated carbocycles. The standard InChI is InChI=1S/C103H69N5S4/c1-103(55-18-5-19-56-103)108(73-27-10-4-11-28-73)80-46-54-98-91(61-80)87-50-43-79(64-101(87)112-98)107(76-44-52-96-89(58-76)84-31-15-17-34-95(84)109-96)72-38-35-66(36-39-72)69-37-51-93(104-65-69)67-21-20-22-68(57-67)102-88-32-13-12-29-81(88)82-47-40-74(60-92(82)102)105(70-23-6-2-7-24-70)75-45-53-97-90(59-75)86-49-42-78(63-100(86)111-97)106(71-25-8-3-9-26-71)77-41-48-85-83-30-14-16-33-94(83)110-99(85)62-77/h2-55,57-65,102H,56H2,1H3. The van der Waals surface area contributed by atoms with E-state index in [0.29, 0.717) is 0 Å². The van der Waals surface area contributed by atoms with Gasteiger partial charge in [0.2, 0.25) is 0 Å². The number of benzene rings is 15. The van der Waals surface area contributed by atoms with Gasteiger partial charge in [-0.25, -0.2) is 0 Å². The first kappa shape index (κ1) is 66.0. The molecule has 20 aromatic rings. The van der Waals surface area contributed by atoms with Crippen LogP contribution >= 0.6 is 45.3 Å². The van der Waals surface area contributed by atoms with Crippen molar-refractivity contribution in [1.82, 2.24) is 4.98 Å². The number of fused-ring (bicyclic) bond motifs is 15. The second kappa shape index (κ2) is 26.9. The molecule has 5 heterocycles. The van der Waals surface area contributed by atoms with Crippen molar-refractivity contribution in [1.29, 1.82) is 0 Å². The molecule has 0 N–H and O–H groups in total. The summed E-state index contributed by atoms with van der Waals surface area (Å²) in [7, 11) is 0. The zero-order valence-corrected chi connectivity index (χ0v) is 64.3. The van der Waals surface area contributed by atoms with Crippen LogP contribution in [0.2, 0.25) is 0 Å². The molecule has 0 saturated heterocycles. The third-order valence-electron chi connectivity index (χ3n) is 22.8. The van der Waals surface area contributed by atoms with E-state index in [9.17, 15) is 0 Å². The molecule has 0 aliphatic heterocycles. The first-order valence-electron chi connectivity index (χ1n) is 38.2. The van der Waals surface area contributed by atoms with Crippen LogP contribution in [0.15, 0.2) is 382 Å². The number of hydrogen-bond donors (Lipinski definition) is 0. The summed E-state index contributed by atoms with van der Waals surface area (Å²) in [6, 6.07) is 131. The number of thiophene rings is 4. The number of rotatable bonds is 15. The van der Waals surface area contributed by atoms with Gasteiger partial charge >= 0.3 is 0 Å². The van der Waals surface area contributed by atoms with Crippen molar-refractivity contribution in [3.8, 4) is 33.5 Å². The Morgan fingerprint density at radius 1 is 0.286 bits per heavy atom. The van der Waals surface area contributed by atoms with Gasteiger partial charge in [0.15, 0.2) is 0 Å². The molecule has 2 aliphatic rings. The van der Waals surface area contributed by atoms with Crippen LogP contribution in [0.1, 0.15) is 36.0 Å². The van der Waals surface area contributed by atoms with Crippen LogP contribution in [0.25, 0.3) is 114 Å². The highest BCUT2D eigenvalue weighted by molar-refractivity contribution is 7.27. The Morgan fingerprint density at radius 3 is 1.29 bits per heavy atom. The number of hydrogen-bond acceptors (Lipinski definition) is 9. The highest BCUT2D eigenvalue weighted by atomic mass is 32.1. The molecule has 112 heavy (non-hydrogen) atoms. The van der Waals surface area contributed by atoms with E-state index in [1.807, 2.05) is 51.5 Å². The maximum atomic E-state index is 5.26. The average Bonchev–Trinajstić information content (AvgIpc) is 1.61. The molecule has 0 radical (unpaired) electrons. The van der Waals surface area contributed by atoms with Crippen LogP contribution < -0.4 is 19.6 Å². The van der Waals surface area contributed by atoms with E-state index in [1.54, 1.807) is 0 Å². The summed E-state index contributed by atoms with van der Waals surface area (Å²) in [6.07, 6.45) is 11.9. The van der Waals surface area contributed by atoms with Crippen LogP contribution in [0, 0.1) is 0 Å². The number of para-hydroxylation sites is 3. The number of allylic oxidation sites excluding steroid dienone is 2. The molecule has 0 fully saturated rings. The van der Waals surface area contributed by atoms with E-state index in [0.717, 1.165) is 80.0 Å². The van der Waals surface area contributed by atoms with E-state index >= 15 is 0 Å². The number of aromatic nitrogens is 1.